The minimum atomic E-state index is 0.357. The van der Waals surface area contributed by atoms with Crippen LogP contribution < -0.4 is 0 Å². The van der Waals surface area contributed by atoms with Crippen LogP contribution in [0.15, 0.2) is 12.1 Å². The third-order valence-corrected chi connectivity index (χ3v) is 4.30. The summed E-state index contributed by atoms with van der Waals surface area (Å²) >= 11 is 7.19. The van der Waals surface area contributed by atoms with Gasteiger partial charge in [0, 0.05) is 28.6 Å². The average Bonchev–Trinajstić information content (AvgIpc) is 2.86. The molecule has 2 aromatic heterocycles. The van der Waals surface area contributed by atoms with Crippen LogP contribution in [0.3, 0.4) is 0 Å². The molecule has 0 spiro atoms. The topological polar surface area (TPSA) is 33.6 Å². The molecule has 1 N–H and O–H groups in total. The summed E-state index contributed by atoms with van der Waals surface area (Å²) in [6, 6.07) is 4.74. The molecule has 0 fully saturated rings. The van der Waals surface area contributed by atoms with Crippen molar-refractivity contribution in [3.8, 4) is 0 Å². The number of aromatic nitrogens is 3. The fraction of sp³-hybridized carbons (Fsp3) is 0.538. The molecule has 0 bridgehead atoms. The highest BCUT2D eigenvalue weighted by atomic mass is 32.1. The molecule has 0 radical (unpaired) electrons. The van der Waals surface area contributed by atoms with Crippen molar-refractivity contribution in [2.24, 2.45) is 0 Å². The first kappa shape index (κ1) is 13.5. The van der Waals surface area contributed by atoms with Crippen molar-refractivity contribution in [1.82, 2.24) is 14.8 Å². The molecule has 1 atom stereocenters. The van der Waals surface area contributed by atoms with Crippen LogP contribution in [0.25, 0.3) is 0 Å². The molecule has 0 saturated heterocycles. The Morgan fingerprint density at radius 2 is 2.28 bits per heavy atom. The highest BCUT2D eigenvalue weighted by Crippen LogP contribution is 2.22. The molecule has 0 aromatic carbocycles. The first-order valence-electron chi connectivity index (χ1n) is 6.33. The largest absolute Gasteiger partial charge is 0.301 e. The normalized spacial score (nSPS) is 12.8. The zero-order chi connectivity index (χ0) is 13.1. The fourth-order valence-electron chi connectivity index (χ4n) is 2.17. The van der Waals surface area contributed by atoms with E-state index in [1.54, 1.807) is 0 Å². The standard InChI is InChI=1S/C13H19N3S2/c1-4-5-12-14-15-13(17)16(12)9(2)8-11-7-6-10(3)18-11/h6-7,9H,4-5,8H2,1-3H3,(H,15,17). The molecule has 3 nitrogen and oxygen atoms in total. The number of hydrogen-bond acceptors (Lipinski definition) is 3. The van der Waals surface area contributed by atoms with Gasteiger partial charge < -0.3 is 4.57 Å². The number of aryl methyl sites for hydroxylation is 2. The minimum Gasteiger partial charge on any atom is -0.301 e. The second-order valence-electron chi connectivity index (χ2n) is 4.63. The lowest BCUT2D eigenvalue weighted by atomic mass is 10.2. The molecule has 0 amide bonds. The van der Waals surface area contributed by atoms with E-state index in [1.807, 2.05) is 11.3 Å². The molecule has 2 heterocycles. The highest BCUT2D eigenvalue weighted by molar-refractivity contribution is 7.71. The summed E-state index contributed by atoms with van der Waals surface area (Å²) in [5.41, 5.74) is 0. The van der Waals surface area contributed by atoms with E-state index in [1.165, 1.54) is 9.75 Å². The van der Waals surface area contributed by atoms with Crippen LogP contribution in [-0.2, 0) is 12.8 Å². The molecule has 2 aromatic rings. The molecule has 0 aliphatic heterocycles. The molecule has 2 rings (SSSR count). The van der Waals surface area contributed by atoms with Crippen molar-refractivity contribution in [2.75, 3.05) is 0 Å². The van der Waals surface area contributed by atoms with E-state index in [0.29, 0.717) is 6.04 Å². The van der Waals surface area contributed by atoms with Crippen LogP contribution in [0.1, 0.15) is 41.9 Å². The van der Waals surface area contributed by atoms with Crippen LogP contribution in [0.4, 0.5) is 0 Å². The van der Waals surface area contributed by atoms with Gasteiger partial charge in [-0.05, 0) is 44.6 Å². The van der Waals surface area contributed by atoms with Crippen LogP contribution in [0.5, 0.6) is 0 Å². The lowest BCUT2D eigenvalue weighted by molar-refractivity contribution is 0.516. The Labute approximate surface area is 117 Å². The highest BCUT2D eigenvalue weighted by Gasteiger charge is 2.13. The van der Waals surface area contributed by atoms with E-state index in [2.05, 4.69) is 47.7 Å². The lowest BCUT2D eigenvalue weighted by Crippen LogP contribution is -2.11. The molecular formula is C13H19N3S2. The number of nitrogens with one attached hydrogen (secondary N) is 1. The molecule has 1 unspecified atom stereocenters. The van der Waals surface area contributed by atoms with Gasteiger partial charge in [0.15, 0.2) is 4.77 Å². The lowest BCUT2D eigenvalue weighted by Gasteiger charge is -2.14. The van der Waals surface area contributed by atoms with E-state index < -0.39 is 0 Å². The molecule has 5 heteroatoms. The summed E-state index contributed by atoms with van der Waals surface area (Å²) in [5.74, 6) is 1.07. The predicted octanol–water partition coefficient (Wildman–Crippen LogP) is 4.07. The van der Waals surface area contributed by atoms with Gasteiger partial charge in [0.2, 0.25) is 0 Å². The number of rotatable bonds is 5. The predicted molar refractivity (Wildman–Crippen MR) is 78.9 cm³/mol. The van der Waals surface area contributed by atoms with Gasteiger partial charge in [-0.3, -0.25) is 5.10 Å². The Morgan fingerprint density at radius 1 is 1.50 bits per heavy atom. The van der Waals surface area contributed by atoms with Gasteiger partial charge in [-0.15, -0.1) is 11.3 Å². The number of thiophene rings is 1. The Morgan fingerprint density at radius 3 is 2.89 bits per heavy atom. The SMILES string of the molecule is CCCc1n[nH]c(=S)n1C(C)Cc1ccc(C)s1. The smallest absolute Gasteiger partial charge is 0.195 e. The maximum absolute atomic E-state index is 5.33. The Hall–Kier alpha value is -0.940. The second-order valence-corrected chi connectivity index (χ2v) is 6.39. The quantitative estimate of drug-likeness (QED) is 0.838. The van der Waals surface area contributed by atoms with Crippen molar-refractivity contribution in [2.45, 2.75) is 46.1 Å². The molecule has 18 heavy (non-hydrogen) atoms. The molecule has 0 saturated carbocycles. The monoisotopic (exact) mass is 281 g/mol. The molecule has 0 aliphatic carbocycles. The van der Waals surface area contributed by atoms with Crippen molar-refractivity contribution >= 4 is 23.6 Å². The summed E-state index contributed by atoms with van der Waals surface area (Å²) in [7, 11) is 0. The van der Waals surface area contributed by atoms with Crippen molar-refractivity contribution in [3.05, 3.63) is 32.5 Å². The number of aromatic amines is 1. The summed E-state index contributed by atoms with van der Waals surface area (Å²) in [4.78, 5) is 2.77. The fourth-order valence-corrected chi connectivity index (χ4v) is 3.51. The number of hydrogen-bond donors (Lipinski definition) is 1. The maximum Gasteiger partial charge on any atom is 0.195 e. The Balaban J connectivity index is 2.20. The summed E-state index contributed by atoms with van der Waals surface area (Å²) in [6.45, 7) is 6.51. The zero-order valence-corrected chi connectivity index (χ0v) is 12.7. The van der Waals surface area contributed by atoms with Gasteiger partial charge in [0.1, 0.15) is 5.82 Å². The third-order valence-electron chi connectivity index (χ3n) is 2.98. The Bertz CT molecular complexity index is 565. The van der Waals surface area contributed by atoms with Crippen LogP contribution in [-0.4, -0.2) is 14.8 Å². The van der Waals surface area contributed by atoms with Gasteiger partial charge in [-0.25, -0.2) is 0 Å². The zero-order valence-electron chi connectivity index (χ0n) is 11.1. The molecular weight excluding hydrogens is 262 g/mol. The number of H-pyrrole nitrogens is 1. The van der Waals surface area contributed by atoms with E-state index >= 15 is 0 Å². The third kappa shape index (κ3) is 2.90. The van der Waals surface area contributed by atoms with Gasteiger partial charge in [0.25, 0.3) is 0 Å². The van der Waals surface area contributed by atoms with Crippen LogP contribution in [0, 0.1) is 11.7 Å². The van der Waals surface area contributed by atoms with E-state index in [4.69, 9.17) is 12.2 Å². The van der Waals surface area contributed by atoms with E-state index in [9.17, 15) is 0 Å². The van der Waals surface area contributed by atoms with Crippen molar-refractivity contribution < 1.29 is 0 Å². The summed E-state index contributed by atoms with van der Waals surface area (Å²) < 4.78 is 2.90. The van der Waals surface area contributed by atoms with Crippen molar-refractivity contribution in [3.63, 3.8) is 0 Å². The van der Waals surface area contributed by atoms with Gasteiger partial charge in [-0.1, -0.05) is 6.92 Å². The maximum atomic E-state index is 5.33. The average molecular weight is 281 g/mol. The van der Waals surface area contributed by atoms with Crippen molar-refractivity contribution in [1.29, 1.82) is 0 Å². The minimum absolute atomic E-state index is 0.357. The van der Waals surface area contributed by atoms with Crippen LogP contribution in [0.2, 0.25) is 0 Å². The molecule has 0 aliphatic rings. The first-order valence-corrected chi connectivity index (χ1v) is 7.55. The van der Waals surface area contributed by atoms with Gasteiger partial charge >= 0.3 is 0 Å². The number of nitrogens with zero attached hydrogens (tertiary/aromatic N) is 2. The van der Waals surface area contributed by atoms with Gasteiger partial charge in [0.05, 0.1) is 0 Å². The van der Waals surface area contributed by atoms with Crippen LogP contribution >= 0.6 is 23.6 Å². The Kier molecular flexibility index (Phi) is 4.35. The second kappa shape index (κ2) is 5.80. The van der Waals surface area contributed by atoms with E-state index in [-0.39, 0.29) is 0 Å². The summed E-state index contributed by atoms with van der Waals surface area (Å²) in [5, 5.41) is 7.24. The molecule has 98 valence electrons. The first-order chi connectivity index (χ1) is 8.61. The summed E-state index contributed by atoms with van der Waals surface area (Å²) in [6.07, 6.45) is 3.08. The van der Waals surface area contributed by atoms with E-state index in [0.717, 1.165) is 29.9 Å². The van der Waals surface area contributed by atoms with Gasteiger partial charge in [-0.2, -0.15) is 5.10 Å².